The standard InChI is InChI=1S/C19H28Cl2FN3/c1-13-12-24(9-8-14-2-4-15(23)5-3-14)10-11-25(13)17-7-6-16(22)18(20)19(17)21/h6-7,13-15H,2-5,8-12,23H2,1H3/t13-,14-,15-/m1/s1. The molecule has 1 aliphatic heterocycles. The summed E-state index contributed by atoms with van der Waals surface area (Å²) in [6.45, 7) is 6.23. The first kappa shape index (κ1) is 19.2. The fraction of sp³-hybridized carbons (Fsp3) is 0.684. The predicted molar refractivity (Wildman–Crippen MR) is 104 cm³/mol. The normalized spacial score (nSPS) is 28.4. The van der Waals surface area contributed by atoms with Crippen molar-refractivity contribution in [2.45, 2.75) is 51.1 Å². The van der Waals surface area contributed by atoms with Crippen LogP contribution in [0.15, 0.2) is 12.1 Å². The van der Waals surface area contributed by atoms with Crippen molar-refractivity contribution in [3.63, 3.8) is 0 Å². The molecule has 0 bridgehead atoms. The van der Waals surface area contributed by atoms with Gasteiger partial charge in [-0.15, -0.1) is 0 Å². The van der Waals surface area contributed by atoms with Gasteiger partial charge in [-0.3, -0.25) is 4.90 Å². The van der Waals surface area contributed by atoms with Gasteiger partial charge in [0.25, 0.3) is 0 Å². The molecule has 3 rings (SSSR count). The Labute approximate surface area is 160 Å². The van der Waals surface area contributed by atoms with Crippen molar-refractivity contribution in [1.29, 1.82) is 0 Å². The lowest BCUT2D eigenvalue weighted by molar-refractivity contribution is 0.198. The average Bonchev–Trinajstić information content (AvgIpc) is 2.60. The lowest BCUT2D eigenvalue weighted by atomic mass is 9.84. The highest BCUT2D eigenvalue weighted by molar-refractivity contribution is 6.43. The molecule has 25 heavy (non-hydrogen) atoms. The van der Waals surface area contributed by atoms with Gasteiger partial charge in [0, 0.05) is 31.7 Å². The molecular weight excluding hydrogens is 360 g/mol. The number of nitrogens with zero attached hydrogens (tertiary/aromatic N) is 2. The van der Waals surface area contributed by atoms with Crippen molar-refractivity contribution in [2.75, 3.05) is 31.1 Å². The number of anilines is 1. The minimum absolute atomic E-state index is 0.0179. The number of nitrogens with two attached hydrogens (primary N) is 1. The molecule has 0 aromatic heterocycles. The topological polar surface area (TPSA) is 32.5 Å². The predicted octanol–water partition coefficient (Wildman–Crippen LogP) is 4.55. The van der Waals surface area contributed by atoms with E-state index in [0.29, 0.717) is 17.1 Å². The summed E-state index contributed by atoms with van der Waals surface area (Å²) in [6.07, 6.45) is 6.18. The molecule has 1 aromatic carbocycles. The van der Waals surface area contributed by atoms with Crippen molar-refractivity contribution in [1.82, 2.24) is 4.90 Å². The number of hydrogen-bond donors (Lipinski definition) is 1. The minimum atomic E-state index is -0.464. The highest BCUT2D eigenvalue weighted by Crippen LogP contribution is 2.36. The number of benzene rings is 1. The third kappa shape index (κ3) is 4.60. The maximum atomic E-state index is 13.5. The number of halogens is 3. The highest BCUT2D eigenvalue weighted by atomic mass is 35.5. The zero-order chi connectivity index (χ0) is 18.0. The fourth-order valence-electron chi connectivity index (χ4n) is 4.17. The molecule has 6 heteroatoms. The maximum Gasteiger partial charge on any atom is 0.143 e. The van der Waals surface area contributed by atoms with Gasteiger partial charge < -0.3 is 10.6 Å². The quantitative estimate of drug-likeness (QED) is 0.768. The van der Waals surface area contributed by atoms with E-state index in [-0.39, 0.29) is 5.02 Å². The highest BCUT2D eigenvalue weighted by Gasteiger charge is 2.27. The van der Waals surface area contributed by atoms with Crippen LogP contribution in [0.1, 0.15) is 39.0 Å². The van der Waals surface area contributed by atoms with Crippen LogP contribution < -0.4 is 10.6 Å². The second-order valence-electron chi connectivity index (χ2n) is 7.61. The van der Waals surface area contributed by atoms with E-state index in [2.05, 4.69) is 16.7 Å². The van der Waals surface area contributed by atoms with Crippen molar-refractivity contribution in [2.24, 2.45) is 11.7 Å². The van der Waals surface area contributed by atoms with Crippen LogP contribution in [-0.2, 0) is 0 Å². The lowest BCUT2D eigenvalue weighted by Gasteiger charge is -2.42. The van der Waals surface area contributed by atoms with Crippen molar-refractivity contribution >= 4 is 28.9 Å². The molecule has 1 heterocycles. The summed E-state index contributed by atoms with van der Waals surface area (Å²) < 4.78 is 13.5. The largest absolute Gasteiger partial charge is 0.365 e. The van der Waals surface area contributed by atoms with Crippen LogP contribution in [-0.4, -0.2) is 43.2 Å². The summed E-state index contributed by atoms with van der Waals surface area (Å²) in [5.41, 5.74) is 6.83. The SMILES string of the molecule is C[C@@H]1CN(CC[C@H]2CC[C@H](N)CC2)CCN1c1ccc(F)c(Cl)c1Cl. The molecule has 1 aromatic rings. The number of hydrogen-bond acceptors (Lipinski definition) is 3. The van der Waals surface area contributed by atoms with E-state index in [9.17, 15) is 4.39 Å². The third-order valence-electron chi connectivity index (χ3n) is 5.78. The van der Waals surface area contributed by atoms with E-state index < -0.39 is 5.82 Å². The molecule has 0 amide bonds. The Kier molecular flexibility index (Phi) is 6.48. The molecule has 0 spiro atoms. The second kappa shape index (κ2) is 8.43. The van der Waals surface area contributed by atoms with Crippen LogP contribution in [0.5, 0.6) is 0 Å². The molecule has 1 saturated carbocycles. The monoisotopic (exact) mass is 387 g/mol. The van der Waals surface area contributed by atoms with E-state index >= 15 is 0 Å². The molecule has 0 unspecified atom stereocenters. The zero-order valence-corrected chi connectivity index (χ0v) is 16.4. The van der Waals surface area contributed by atoms with E-state index in [4.69, 9.17) is 28.9 Å². The molecule has 2 N–H and O–H groups in total. The summed E-state index contributed by atoms with van der Waals surface area (Å²) in [5.74, 6) is 0.368. The van der Waals surface area contributed by atoms with Gasteiger partial charge in [-0.1, -0.05) is 23.2 Å². The van der Waals surface area contributed by atoms with Crippen LogP contribution in [0.4, 0.5) is 10.1 Å². The van der Waals surface area contributed by atoms with Gasteiger partial charge in [-0.05, 0) is 63.6 Å². The summed E-state index contributed by atoms with van der Waals surface area (Å²) in [6, 6.07) is 3.89. The minimum Gasteiger partial charge on any atom is -0.365 e. The van der Waals surface area contributed by atoms with Gasteiger partial charge in [0.2, 0.25) is 0 Å². The first-order valence-electron chi connectivity index (χ1n) is 9.33. The smallest absolute Gasteiger partial charge is 0.143 e. The van der Waals surface area contributed by atoms with Crippen molar-refractivity contribution in [3.05, 3.63) is 28.0 Å². The maximum absolute atomic E-state index is 13.5. The Bertz CT molecular complexity index is 590. The van der Waals surface area contributed by atoms with Crippen LogP contribution in [0.25, 0.3) is 0 Å². The Hall–Kier alpha value is -0.550. The van der Waals surface area contributed by atoms with Crippen LogP contribution >= 0.6 is 23.2 Å². The Balaban J connectivity index is 1.53. The Morgan fingerprint density at radius 3 is 2.52 bits per heavy atom. The number of piperazine rings is 1. The summed E-state index contributed by atoms with van der Waals surface area (Å²) in [5, 5.41) is 0.338. The van der Waals surface area contributed by atoms with E-state index in [1.54, 1.807) is 6.07 Å². The van der Waals surface area contributed by atoms with Crippen LogP contribution in [0.2, 0.25) is 10.0 Å². The van der Waals surface area contributed by atoms with Gasteiger partial charge >= 0.3 is 0 Å². The molecule has 1 saturated heterocycles. The van der Waals surface area contributed by atoms with Gasteiger partial charge in [0.15, 0.2) is 0 Å². The number of rotatable bonds is 4. The van der Waals surface area contributed by atoms with Gasteiger partial charge in [0.1, 0.15) is 5.82 Å². The van der Waals surface area contributed by atoms with Gasteiger partial charge in [0.05, 0.1) is 15.7 Å². The molecule has 1 aliphatic carbocycles. The molecule has 1 atom stereocenters. The first-order chi connectivity index (χ1) is 12.0. The second-order valence-corrected chi connectivity index (χ2v) is 8.36. The van der Waals surface area contributed by atoms with E-state index in [0.717, 1.165) is 37.8 Å². The van der Waals surface area contributed by atoms with Gasteiger partial charge in [-0.25, -0.2) is 4.39 Å². The summed E-state index contributed by atoms with van der Waals surface area (Å²) in [4.78, 5) is 4.78. The third-order valence-corrected chi connectivity index (χ3v) is 6.63. The summed E-state index contributed by atoms with van der Waals surface area (Å²) in [7, 11) is 0. The Morgan fingerprint density at radius 1 is 1.12 bits per heavy atom. The van der Waals surface area contributed by atoms with Crippen LogP contribution in [0.3, 0.4) is 0 Å². The molecule has 3 nitrogen and oxygen atoms in total. The molecule has 140 valence electrons. The molecular formula is C19H28Cl2FN3. The first-order valence-corrected chi connectivity index (χ1v) is 10.1. The fourth-order valence-corrected chi connectivity index (χ4v) is 4.60. The zero-order valence-electron chi connectivity index (χ0n) is 14.9. The molecule has 2 fully saturated rings. The lowest BCUT2D eigenvalue weighted by Crippen LogP contribution is -2.52. The summed E-state index contributed by atoms with van der Waals surface area (Å²) >= 11 is 12.2. The van der Waals surface area contributed by atoms with Crippen LogP contribution in [0, 0.1) is 11.7 Å². The van der Waals surface area contributed by atoms with Crippen molar-refractivity contribution in [3.8, 4) is 0 Å². The van der Waals surface area contributed by atoms with Crippen molar-refractivity contribution < 1.29 is 4.39 Å². The average molecular weight is 388 g/mol. The van der Waals surface area contributed by atoms with E-state index in [1.807, 2.05) is 0 Å². The molecule has 0 radical (unpaired) electrons. The van der Waals surface area contributed by atoms with E-state index in [1.165, 1.54) is 38.2 Å². The van der Waals surface area contributed by atoms with Gasteiger partial charge in [-0.2, -0.15) is 0 Å². The Morgan fingerprint density at radius 2 is 1.84 bits per heavy atom. The molecule has 2 aliphatic rings.